The predicted octanol–water partition coefficient (Wildman–Crippen LogP) is 5.64. The van der Waals surface area contributed by atoms with Crippen LogP contribution in [0.1, 0.15) is 16.7 Å². The van der Waals surface area contributed by atoms with Crippen molar-refractivity contribution in [2.45, 2.75) is 18.5 Å². The van der Waals surface area contributed by atoms with E-state index in [1.165, 1.54) is 36.4 Å². The summed E-state index contributed by atoms with van der Waals surface area (Å²) in [5, 5.41) is 0. The Morgan fingerprint density at radius 3 is 0.710 bits per heavy atom. The summed E-state index contributed by atoms with van der Waals surface area (Å²) in [6, 6.07) is 12.4. The summed E-state index contributed by atoms with van der Waals surface area (Å²) in [5.41, 5.74) is -2.69. The van der Waals surface area contributed by atoms with Gasteiger partial charge in [0.05, 0.1) is 0 Å². The van der Waals surface area contributed by atoms with Crippen molar-refractivity contribution in [2.75, 3.05) is 0 Å². The van der Waals surface area contributed by atoms with E-state index >= 15 is 0 Å². The molecular formula is C21H12AuF9. The first-order chi connectivity index (χ1) is 14.3. The van der Waals surface area contributed by atoms with Crippen molar-refractivity contribution in [1.82, 2.24) is 0 Å². The van der Waals surface area contributed by atoms with E-state index in [0.29, 0.717) is 11.3 Å². The van der Waals surface area contributed by atoms with Gasteiger partial charge in [-0.2, -0.15) is 0 Å². The van der Waals surface area contributed by atoms with Crippen LogP contribution in [0, 0.1) is 0 Å². The van der Waals surface area contributed by atoms with E-state index in [0.717, 1.165) is 36.4 Å². The third-order valence-electron chi connectivity index (χ3n) is 3.96. The fourth-order valence-electron chi connectivity index (χ4n) is 2.48. The molecule has 3 rings (SSSR count). The van der Waals surface area contributed by atoms with Gasteiger partial charge in [-0.15, -0.1) is 0 Å². The van der Waals surface area contributed by atoms with Gasteiger partial charge in [-0.05, 0) is 0 Å². The van der Waals surface area contributed by atoms with E-state index in [-0.39, 0.29) is 0 Å². The van der Waals surface area contributed by atoms with Crippen LogP contribution >= 0.6 is 0 Å². The van der Waals surface area contributed by atoms with E-state index in [9.17, 15) is 39.5 Å². The number of alkyl halides is 9. The second-order valence-corrected chi connectivity index (χ2v) is 11.5. The second kappa shape index (κ2) is 8.37. The van der Waals surface area contributed by atoms with Crippen molar-refractivity contribution < 1.29 is 58.0 Å². The Morgan fingerprint density at radius 2 is 0.548 bits per heavy atom. The van der Waals surface area contributed by atoms with Crippen LogP contribution in [0.25, 0.3) is 0 Å². The third kappa shape index (κ3) is 5.53. The summed E-state index contributed by atoms with van der Waals surface area (Å²) in [6.45, 7) is 0. The van der Waals surface area contributed by atoms with Gasteiger partial charge < -0.3 is 0 Å². The molecule has 0 unspecified atom stereocenters. The molecular weight excluding hydrogens is 620 g/mol. The Morgan fingerprint density at radius 1 is 0.355 bits per heavy atom. The molecule has 31 heavy (non-hydrogen) atoms. The molecule has 0 aliphatic heterocycles. The van der Waals surface area contributed by atoms with Crippen LogP contribution in [0.4, 0.5) is 39.5 Å². The van der Waals surface area contributed by atoms with Gasteiger partial charge in [0.1, 0.15) is 0 Å². The van der Waals surface area contributed by atoms with Crippen LogP contribution in [0.15, 0.2) is 72.8 Å². The van der Waals surface area contributed by atoms with Gasteiger partial charge >= 0.3 is 177 Å². The topological polar surface area (TPSA) is 0 Å². The SMILES string of the molecule is FC(F)(F)c1cc[c]([Au]([c]2ccc(C(F)(F)F)cc2)[c]2ccc(C(F)(F)F)cc2)cc1. The summed E-state index contributed by atoms with van der Waals surface area (Å²) in [5.74, 6) is 0. The monoisotopic (exact) mass is 632 g/mol. The van der Waals surface area contributed by atoms with Crippen LogP contribution in [0.5, 0.6) is 0 Å². The zero-order valence-electron chi connectivity index (χ0n) is 15.1. The molecule has 0 saturated carbocycles. The zero-order chi connectivity index (χ0) is 23.0. The first-order valence-electron chi connectivity index (χ1n) is 8.37. The third-order valence-corrected chi connectivity index (χ3v) is 9.88. The molecule has 0 aromatic heterocycles. The van der Waals surface area contributed by atoms with Gasteiger partial charge in [0.2, 0.25) is 0 Å². The first-order valence-corrected chi connectivity index (χ1v) is 11.6. The summed E-state index contributed by atoms with van der Waals surface area (Å²) >= 11 is -2.75. The van der Waals surface area contributed by atoms with Crippen LogP contribution in [-0.2, 0) is 37.0 Å². The number of benzene rings is 3. The van der Waals surface area contributed by atoms with Crippen LogP contribution < -0.4 is 11.3 Å². The van der Waals surface area contributed by atoms with Gasteiger partial charge in [-0.25, -0.2) is 0 Å². The van der Waals surface area contributed by atoms with Crippen molar-refractivity contribution in [1.29, 1.82) is 0 Å². The van der Waals surface area contributed by atoms with Crippen LogP contribution in [0.2, 0.25) is 0 Å². The van der Waals surface area contributed by atoms with Crippen molar-refractivity contribution in [3.8, 4) is 0 Å². The minimum absolute atomic E-state index is 0.433. The van der Waals surface area contributed by atoms with E-state index in [1.807, 2.05) is 0 Å². The molecule has 0 radical (unpaired) electrons. The molecule has 0 bridgehead atoms. The van der Waals surface area contributed by atoms with Crippen molar-refractivity contribution in [3.05, 3.63) is 89.5 Å². The van der Waals surface area contributed by atoms with Crippen LogP contribution in [0.3, 0.4) is 0 Å². The van der Waals surface area contributed by atoms with E-state index < -0.39 is 53.7 Å². The first kappa shape index (κ1) is 23.4. The number of hydrogen-bond acceptors (Lipinski definition) is 0. The Balaban J connectivity index is 2.08. The summed E-state index contributed by atoms with van der Waals surface area (Å²) in [6.07, 6.45) is -13.7. The van der Waals surface area contributed by atoms with E-state index in [2.05, 4.69) is 0 Å². The number of halogens is 9. The molecule has 3 aromatic carbocycles. The molecule has 0 fully saturated rings. The Hall–Kier alpha value is -2.23. The normalized spacial score (nSPS) is 13.3. The predicted molar refractivity (Wildman–Crippen MR) is 93.2 cm³/mol. The summed E-state index contributed by atoms with van der Waals surface area (Å²) in [4.78, 5) is 0. The molecule has 0 nitrogen and oxygen atoms in total. The van der Waals surface area contributed by atoms with Crippen LogP contribution in [-0.4, -0.2) is 0 Å². The summed E-state index contributed by atoms with van der Waals surface area (Å²) in [7, 11) is 0. The van der Waals surface area contributed by atoms with E-state index in [4.69, 9.17) is 0 Å². The Kier molecular flexibility index (Phi) is 6.32. The Bertz CT molecular complexity index is 877. The van der Waals surface area contributed by atoms with Gasteiger partial charge in [0.25, 0.3) is 0 Å². The molecule has 0 heterocycles. The molecule has 0 aliphatic carbocycles. The molecule has 10 heteroatoms. The van der Waals surface area contributed by atoms with Crippen molar-refractivity contribution in [3.63, 3.8) is 0 Å². The average Bonchev–Trinajstić information content (AvgIpc) is 2.67. The molecule has 170 valence electrons. The second-order valence-electron chi connectivity index (χ2n) is 6.11. The standard InChI is InChI=1S/3C7H4F3.Au/c3*8-7(9,10)6-4-2-1-3-5-6;/h3*2-5H;. The quantitative estimate of drug-likeness (QED) is 0.259. The van der Waals surface area contributed by atoms with Gasteiger partial charge in [-0.3, -0.25) is 0 Å². The maximum absolute atomic E-state index is 12.9. The average molecular weight is 632 g/mol. The minimum atomic E-state index is -4.57. The molecule has 0 atom stereocenters. The molecule has 0 aliphatic rings. The molecule has 0 amide bonds. The van der Waals surface area contributed by atoms with E-state index in [1.54, 1.807) is 0 Å². The number of hydrogen-bond donors (Lipinski definition) is 0. The fourth-order valence-corrected chi connectivity index (χ4v) is 7.90. The molecule has 0 spiro atoms. The molecule has 0 saturated heterocycles. The van der Waals surface area contributed by atoms with Gasteiger partial charge in [0.15, 0.2) is 0 Å². The summed E-state index contributed by atoms with van der Waals surface area (Å²) < 4.78 is 117. The van der Waals surface area contributed by atoms with Crippen molar-refractivity contribution >= 4 is 11.3 Å². The Labute approximate surface area is 177 Å². The fraction of sp³-hybridized carbons (Fsp3) is 0.143. The van der Waals surface area contributed by atoms with Gasteiger partial charge in [0, 0.05) is 0 Å². The number of rotatable bonds is 3. The molecule has 3 aromatic rings. The maximum atomic E-state index is 12.9. The molecule has 0 N–H and O–H groups in total. The van der Waals surface area contributed by atoms with Crippen molar-refractivity contribution in [2.24, 2.45) is 0 Å². The zero-order valence-corrected chi connectivity index (χ0v) is 17.3. The van der Waals surface area contributed by atoms with Gasteiger partial charge in [-0.1, -0.05) is 0 Å².